The van der Waals surface area contributed by atoms with E-state index in [1.165, 1.54) is 22.2 Å². The number of esters is 1. The van der Waals surface area contributed by atoms with Gasteiger partial charge in [0.2, 0.25) is 0 Å². The Morgan fingerprint density at radius 1 is 1.14 bits per heavy atom. The van der Waals surface area contributed by atoms with Crippen molar-refractivity contribution in [2.24, 2.45) is 0 Å². The molecule has 0 spiro atoms. The topological polar surface area (TPSA) is 90.7 Å². The molecule has 0 fully saturated rings. The van der Waals surface area contributed by atoms with Crippen LogP contribution in [0.3, 0.4) is 0 Å². The molecule has 2 aromatic carbocycles. The molecule has 3 rings (SSSR count). The Bertz CT molecular complexity index is 1200. The summed E-state index contributed by atoms with van der Waals surface area (Å²) in [6.07, 6.45) is 1.89. The van der Waals surface area contributed by atoms with Gasteiger partial charge in [-0.05, 0) is 23.8 Å². The standard InChI is InChI=1S/C27H29N3O4S/c1-27(2)21-11-6-7-12-22(21)30(4)24(27)16-19(31)18-35-23-13-8-5-10-20(23)26(33)34-17-25(32)29(3)15-9-14-28/h5-8,10-13,16H,9,15,17-18H2,1-4H3. The van der Waals surface area contributed by atoms with Gasteiger partial charge in [0.15, 0.2) is 12.4 Å². The highest BCUT2D eigenvalue weighted by Gasteiger charge is 2.38. The summed E-state index contributed by atoms with van der Waals surface area (Å²) in [5, 5.41) is 8.64. The first-order valence-electron chi connectivity index (χ1n) is 11.2. The molecule has 0 saturated carbocycles. The van der Waals surface area contributed by atoms with Gasteiger partial charge >= 0.3 is 5.97 Å². The zero-order valence-corrected chi connectivity index (χ0v) is 21.2. The van der Waals surface area contributed by atoms with E-state index in [9.17, 15) is 14.4 Å². The molecule has 1 aliphatic heterocycles. The van der Waals surface area contributed by atoms with Crippen LogP contribution in [0.1, 0.15) is 36.2 Å². The van der Waals surface area contributed by atoms with Crippen molar-refractivity contribution in [2.45, 2.75) is 30.6 Å². The van der Waals surface area contributed by atoms with Gasteiger partial charge in [-0.3, -0.25) is 9.59 Å². The average Bonchev–Trinajstić information content (AvgIpc) is 3.05. The lowest BCUT2D eigenvalue weighted by Gasteiger charge is -2.24. The van der Waals surface area contributed by atoms with Crippen molar-refractivity contribution >= 4 is 35.1 Å². The maximum absolute atomic E-state index is 12.9. The highest BCUT2D eigenvalue weighted by molar-refractivity contribution is 8.00. The minimum Gasteiger partial charge on any atom is -0.452 e. The number of allylic oxidation sites excluding steroid dienone is 2. The minimum atomic E-state index is -0.631. The summed E-state index contributed by atoms with van der Waals surface area (Å²) in [6, 6.07) is 16.9. The van der Waals surface area contributed by atoms with Crippen LogP contribution in [0.25, 0.3) is 0 Å². The Morgan fingerprint density at radius 2 is 1.83 bits per heavy atom. The third-order valence-corrected chi connectivity index (χ3v) is 7.12. The second-order valence-electron chi connectivity index (χ2n) is 8.78. The second kappa shape index (κ2) is 11.2. The molecule has 0 atom stereocenters. The number of amides is 1. The Kier molecular flexibility index (Phi) is 8.36. The Labute approximate surface area is 210 Å². The third kappa shape index (κ3) is 5.92. The van der Waals surface area contributed by atoms with E-state index in [0.717, 1.165) is 11.4 Å². The molecular formula is C27H29N3O4S. The van der Waals surface area contributed by atoms with Crippen LogP contribution in [0.5, 0.6) is 0 Å². The molecule has 0 N–H and O–H groups in total. The van der Waals surface area contributed by atoms with Gasteiger partial charge in [0.05, 0.1) is 23.8 Å². The highest BCUT2D eigenvalue weighted by atomic mass is 32.2. The van der Waals surface area contributed by atoms with Gasteiger partial charge in [-0.1, -0.05) is 44.2 Å². The summed E-state index contributed by atoms with van der Waals surface area (Å²) < 4.78 is 5.19. The van der Waals surface area contributed by atoms with Crippen molar-refractivity contribution < 1.29 is 19.1 Å². The number of benzene rings is 2. The van der Waals surface area contributed by atoms with Gasteiger partial charge in [0.1, 0.15) is 0 Å². The molecule has 7 nitrogen and oxygen atoms in total. The molecule has 2 aromatic rings. The van der Waals surface area contributed by atoms with Crippen LogP contribution in [0, 0.1) is 11.3 Å². The Hall–Kier alpha value is -3.57. The molecule has 1 aliphatic rings. The first kappa shape index (κ1) is 26.0. The number of ether oxygens (including phenoxy) is 1. The van der Waals surface area contributed by atoms with Crippen molar-refractivity contribution in [1.82, 2.24) is 4.90 Å². The average molecular weight is 492 g/mol. The van der Waals surface area contributed by atoms with Gasteiger partial charge in [0, 0.05) is 48.4 Å². The molecule has 0 unspecified atom stereocenters. The fourth-order valence-electron chi connectivity index (χ4n) is 4.02. The normalized spacial score (nSPS) is 14.8. The summed E-state index contributed by atoms with van der Waals surface area (Å²) in [5.74, 6) is -0.919. The summed E-state index contributed by atoms with van der Waals surface area (Å²) in [4.78, 5) is 41.6. The summed E-state index contributed by atoms with van der Waals surface area (Å²) >= 11 is 1.26. The fourth-order valence-corrected chi connectivity index (χ4v) is 4.88. The number of hydrogen-bond donors (Lipinski definition) is 0. The van der Waals surface area contributed by atoms with E-state index in [1.54, 1.807) is 37.4 Å². The van der Waals surface area contributed by atoms with Crippen molar-refractivity contribution in [3.05, 3.63) is 71.4 Å². The lowest BCUT2D eigenvalue weighted by Crippen LogP contribution is -2.32. The molecule has 0 saturated heterocycles. The number of likely N-dealkylation sites (N-methyl/N-ethyl adjacent to an activating group) is 2. The smallest absolute Gasteiger partial charge is 0.339 e. The van der Waals surface area contributed by atoms with Crippen LogP contribution in [0.15, 0.2) is 65.2 Å². The van der Waals surface area contributed by atoms with E-state index >= 15 is 0 Å². The first-order valence-corrected chi connectivity index (χ1v) is 12.2. The Balaban J connectivity index is 1.64. The number of thioether (sulfide) groups is 1. The number of nitrogens with zero attached hydrogens (tertiary/aromatic N) is 3. The van der Waals surface area contributed by atoms with E-state index in [4.69, 9.17) is 10.00 Å². The van der Waals surface area contributed by atoms with E-state index in [1.807, 2.05) is 36.2 Å². The van der Waals surface area contributed by atoms with Gasteiger partial charge in [0.25, 0.3) is 5.91 Å². The highest BCUT2D eigenvalue weighted by Crippen LogP contribution is 2.46. The fraction of sp³-hybridized carbons (Fsp3) is 0.333. The van der Waals surface area contributed by atoms with E-state index in [-0.39, 0.29) is 35.8 Å². The van der Waals surface area contributed by atoms with Crippen molar-refractivity contribution in [1.29, 1.82) is 5.26 Å². The molecule has 35 heavy (non-hydrogen) atoms. The number of para-hydroxylation sites is 1. The number of carbonyl (C=O) groups excluding carboxylic acids is 3. The summed E-state index contributed by atoms with van der Waals surface area (Å²) in [5.41, 5.74) is 3.20. The number of anilines is 1. The summed E-state index contributed by atoms with van der Waals surface area (Å²) in [7, 11) is 3.52. The van der Waals surface area contributed by atoms with Crippen molar-refractivity contribution in [3.63, 3.8) is 0 Å². The van der Waals surface area contributed by atoms with Crippen LogP contribution in [0.2, 0.25) is 0 Å². The molecule has 0 aliphatic carbocycles. The minimum absolute atomic E-state index is 0.0600. The van der Waals surface area contributed by atoms with Crippen LogP contribution in [-0.4, -0.2) is 55.6 Å². The molecule has 0 radical (unpaired) electrons. The predicted octanol–water partition coefficient (Wildman–Crippen LogP) is 4.19. The van der Waals surface area contributed by atoms with Gasteiger partial charge in [-0.15, -0.1) is 11.8 Å². The van der Waals surface area contributed by atoms with Crippen LogP contribution in [-0.2, 0) is 19.7 Å². The van der Waals surface area contributed by atoms with Crippen molar-refractivity contribution in [3.8, 4) is 6.07 Å². The van der Waals surface area contributed by atoms with Gasteiger partial charge < -0.3 is 14.5 Å². The molecule has 8 heteroatoms. The zero-order chi connectivity index (χ0) is 25.6. The molecule has 182 valence electrons. The SMILES string of the molecule is CN(CCC#N)C(=O)COC(=O)c1ccccc1SCC(=O)C=C1N(C)c2ccccc2C1(C)C. The van der Waals surface area contributed by atoms with Crippen LogP contribution >= 0.6 is 11.8 Å². The number of nitriles is 1. The number of carbonyl (C=O) groups is 3. The molecule has 1 amide bonds. The largest absolute Gasteiger partial charge is 0.452 e. The molecular weight excluding hydrogens is 462 g/mol. The van der Waals surface area contributed by atoms with Crippen molar-refractivity contribution in [2.75, 3.05) is 37.9 Å². The maximum Gasteiger partial charge on any atom is 0.339 e. The van der Waals surface area contributed by atoms with E-state index < -0.39 is 12.6 Å². The molecule has 1 heterocycles. The first-order chi connectivity index (χ1) is 16.7. The van der Waals surface area contributed by atoms with Gasteiger partial charge in [-0.2, -0.15) is 5.26 Å². The number of ketones is 1. The van der Waals surface area contributed by atoms with E-state index in [2.05, 4.69) is 19.9 Å². The zero-order valence-electron chi connectivity index (χ0n) is 20.4. The van der Waals surface area contributed by atoms with Crippen LogP contribution in [0.4, 0.5) is 5.69 Å². The molecule has 0 aromatic heterocycles. The third-order valence-electron chi connectivity index (χ3n) is 6.03. The van der Waals surface area contributed by atoms with Crippen LogP contribution < -0.4 is 4.90 Å². The number of fused-ring (bicyclic) bond motifs is 1. The lowest BCUT2D eigenvalue weighted by atomic mass is 9.83. The lowest BCUT2D eigenvalue weighted by molar-refractivity contribution is -0.133. The second-order valence-corrected chi connectivity index (χ2v) is 9.80. The number of rotatable bonds is 9. The monoisotopic (exact) mass is 491 g/mol. The maximum atomic E-state index is 12.9. The van der Waals surface area contributed by atoms with E-state index in [0.29, 0.717) is 10.5 Å². The quantitative estimate of drug-likeness (QED) is 0.295. The predicted molar refractivity (Wildman–Crippen MR) is 136 cm³/mol. The number of hydrogen-bond acceptors (Lipinski definition) is 7. The molecule has 0 bridgehead atoms. The summed E-state index contributed by atoms with van der Waals surface area (Å²) in [6.45, 7) is 4.07. The Morgan fingerprint density at radius 3 is 2.54 bits per heavy atom. The van der Waals surface area contributed by atoms with Gasteiger partial charge in [-0.25, -0.2) is 4.79 Å².